The lowest BCUT2D eigenvalue weighted by molar-refractivity contribution is -0.136. The number of primary amides is 1. The number of carbonyl (C=O) groups is 2. The molecule has 0 saturated carbocycles. The van der Waals surface area contributed by atoms with Crippen molar-refractivity contribution < 1.29 is 19.1 Å². The SMILES string of the molecule is CCc1oc2ccccc2c1/C=C/C(=O)N1CCC(O)(C(N)=O)C1. The average Bonchev–Trinajstić information content (AvgIpc) is 3.14. The zero-order chi connectivity index (χ0) is 17.3. The maximum atomic E-state index is 12.3. The summed E-state index contributed by atoms with van der Waals surface area (Å²) in [6.07, 6.45) is 4.06. The number of fused-ring (bicyclic) bond motifs is 1. The second kappa shape index (κ2) is 6.13. The van der Waals surface area contributed by atoms with Crippen LogP contribution in [-0.4, -0.2) is 40.5 Å². The predicted octanol–water partition coefficient (Wildman–Crippen LogP) is 1.46. The molecule has 1 atom stereocenters. The largest absolute Gasteiger partial charge is 0.460 e. The minimum Gasteiger partial charge on any atom is -0.460 e. The van der Waals surface area contributed by atoms with Crippen molar-refractivity contribution in [2.45, 2.75) is 25.4 Å². The number of aryl methyl sites for hydroxylation is 1. The molecule has 126 valence electrons. The predicted molar refractivity (Wildman–Crippen MR) is 90.0 cm³/mol. The molecule has 0 bridgehead atoms. The van der Waals surface area contributed by atoms with Gasteiger partial charge in [0.1, 0.15) is 11.3 Å². The van der Waals surface area contributed by atoms with Gasteiger partial charge in [0.15, 0.2) is 5.60 Å². The number of hydrogen-bond donors (Lipinski definition) is 2. The van der Waals surface area contributed by atoms with E-state index in [-0.39, 0.29) is 18.9 Å². The molecule has 24 heavy (non-hydrogen) atoms. The monoisotopic (exact) mass is 328 g/mol. The van der Waals surface area contributed by atoms with Crippen LogP contribution in [0.5, 0.6) is 0 Å². The molecule has 1 fully saturated rings. The number of nitrogens with two attached hydrogens (primary N) is 1. The highest BCUT2D eigenvalue weighted by molar-refractivity contribution is 5.97. The Morgan fingerprint density at radius 1 is 1.42 bits per heavy atom. The minimum atomic E-state index is -1.62. The molecule has 1 aromatic carbocycles. The van der Waals surface area contributed by atoms with Gasteiger partial charge in [-0.05, 0) is 12.1 Å². The number of hydrogen-bond acceptors (Lipinski definition) is 4. The third kappa shape index (κ3) is 2.80. The highest BCUT2D eigenvalue weighted by Crippen LogP contribution is 2.28. The van der Waals surface area contributed by atoms with Crippen LogP contribution in [0, 0.1) is 0 Å². The third-order valence-electron chi connectivity index (χ3n) is 4.44. The summed E-state index contributed by atoms with van der Waals surface area (Å²) >= 11 is 0. The lowest BCUT2D eigenvalue weighted by Crippen LogP contribution is -2.46. The van der Waals surface area contributed by atoms with Crippen LogP contribution in [0.2, 0.25) is 0 Å². The van der Waals surface area contributed by atoms with Gasteiger partial charge in [0.25, 0.3) is 5.91 Å². The fraction of sp³-hybridized carbons (Fsp3) is 0.333. The zero-order valence-electron chi connectivity index (χ0n) is 13.5. The molecule has 0 radical (unpaired) electrons. The fourth-order valence-electron chi connectivity index (χ4n) is 3.00. The molecule has 1 aliphatic heterocycles. The second-order valence-corrected chi connectivity index (χ2v) is 6.03. The van der Waals surface area contributed by atoms with Gasteiger partial charge in [-0.1, -0.05) is 25.1 Å². The average molecular weight is 328 g/mol. The lowest BCUT2D eigenvalue weighted by atomic mass is 10.0. The molecule has 1 saturated heterocycles. The van der Waals surface area contributed by atoms with Crippen molar-refractivity contribution in [1.29, 1.82) is 0 Å². The molecule has 2 aromatic rings. The summed E-state index contributed by atoms with van der Waals surface area (Å²) in [7, 11) is 0. The number of carbonyl (C=O) groups excluding carboxylic acids is 2. The number of nitrogens with zero attached hydrogens (tertiary/aromatic N) is 1. The van der Waals surface area contributed by atoms with Gasteiger partial charge >= 0.3 is 0 Å². The van der Waals surface area contributed by atoms with Crippen LogP contribution in [0.3, 0.4) is 0 Å². The number of β-amino-alcohol motifs (C(OH)–C–C–N with tert-alkyl or cyclic N) is 1. The van der Waals surface area contributed by atoms with Gasteiger partial charge in [0.05, 0.1) is 6.54 Å². The number of aliphatic hydroxyl groups is 1. The molecule has 3 rings (SSSR count). The van der Waals surface area contributed by atoms with E-state index in [2.05, 4.69) is 0 Å². The fourth-order valence-corrected chi connectivity index (χ4v) is 3.00. The third-order valence-corrected chi connectivity index (χ3v) is 4.44. The van der Waals surface area contributed by atoms with Crippen molar-refractivity contribution in [1.82, 2.24) is 4.90 Å². The van der Waals surface area contributed by atoms with E-state index in [1.165, 1.54) is 11.0 Å². The summed E-state index contributed by atoms with van der Waals surface area (Å²) in [4.78, 5) is 25.0. The minimum absolute atomic E-state index is 0.0712. The first-order valence-electron chi connectivity index (χ1n) is 7.94. The topological polar surface area (TPSA) is 96.8 Å². The van der Waals surface area contributed by atoms with E-state index in [0.29, 0.717) is 13.0 Å². The molecule has 2 amide bonds. The number of benzene rings is 1. The maximum absolute atomic E-state index is 12.3. The second-order valence-electron chi connectivity index (χ2n) is 6.03. The standard InChI is InChI=1S/C18H20N2O4/c1-2-14-13(12-5-3-4-6-15(12)24-14)7-8-16(21)20-10-9-18(23,11-20)17(19)22/h3-8,23H,2,9-11H2,1H3,(H2,19,22)/b8-7+. The quantitative estimate of drug-likeness (QED) is 0.830. The van der Waals surface area contributed by atoms with Gasteiger partial charge in [-0.3, -0.25) is 9.59 Å². The Morgan fingerprint density at radius 3 is 2.83 bits per heavy atom. The molecular weight excluding hydrogens is 308 g/mol. The van der Waals surface area contributed by atoms with Gasteiger partial charge in [-0.25, -0.2) is 0 Å². The van der Waals surface area contributed by atoms with Gasteiger partial charge in [0, 0.05) is 36.4 Å². The number of para-hydroxylation sites is 1. The Kier molecular flexibility index (Phi) is 4.15. The summed E-state index contributed by atoms with van der Waals surface area (Å²) in [5.41, 5.74) is 5.23. The molecule has 0 aliphatic carbocycles. The highest BCUT2D eigenvalue weighted by Gasteiger charge is 2.42. The van der Waals surface area contributed by atoms with Crippen molar-refractivity contribution in [3.8, 4) is 0 Å². The Bertz CT molecular complexity index is 824. The first-order chi connectivity index (χ1) is 11.4. The van der Waals surface area contributed by atoms with E-state index in [4.69, 9.17) is 10.2 Å². The van der Waals surface area contributed by atoms with Crippen molar-refractivity contribution in [2.75, 3.05) is 13.1 Å². The first-order valence-corrected chi connectivity index (χ1v) is 7.94. The first kappa shape index (κ1) is 16.3. The van der Waals surface area contributed by atoms with Crippen LogP contribution in [0.25, 0.3) is 17.0 Å². The molecule has 6 heteroatoms. The molecule has 1 unspecified atom stereocenters. The molecule has 0 spiro atoms. The van der Waals surface area contributed by atoms with Crippen molar-refractivity contribution >= 4 is 28.9 Å². The maximum Gasteiger partial charge on any atom is 0.251 e. The van der Waals surface area contributed by atoms with Crippen molar-refractivity contribution in [2.24, 2.45) is 5.73 Å². The van der Waals surface area contributed by atoms with E-state index < -0.39 is 11.5 Å². The molecule has 3 N–H and O–H groups in total. The van der Waals surface area contributed by atoms with E-state index >= 15 is 0 Å². The van der Waals surface area contributed by atoms with Crippen LogP contribution in [0.15, 0.2) is 34.8 Å². The summed E-state index contributed by atoms with van der Waals surface area (Å²) in [6, 6.07) is 7.66. The highest BCUT2D eigenvalue weighted by atomic mass is 16.3. The van der Waals surface area contributed by atoms with Crippen molar-refractivity contribution in [3.63, 3.8) is 0 Å². The molecule has 1 aromatic heterocycles. The van der Waals surface area contributed by atoms with Crippen LogP contribution < -0.4 is 5.73 Å². The van der Waals surface area contributed by atoms with E-state index in [1.807, 2.05) is 31.2 Å². The Balaban J connectivity index is 1.82. The number of amides is 2. The van der Waals surface area contributed by atoms with Crippen LogP contribution in [0.1, 0.15) is 24.7 Å². The Hall–Kier alpha value is -2.60. The Labute approximate surface area is 139 Å². The normalized spacial score (nSPS) is 21.0. The van der Waals surface area contributed by atoms with Gasteiger partial charge in [0.2, 0.25) is 5.91 Å². The van der Waals surface area contributed by atoms with Gasteiger partial charge < -0.3 is 20.2 Å². The zero-order valence-corrected chi connectivity index (χ0v) is 13.5. The lowest BCUT2D eigenvalue weighted by Gasteiger charge is -2.18. The van der Waals surface area contributed by atoms with E-state index in [1.54, 1.807) is 6.08 Å². The van der Waals surface area contributed by atoms with Crippen molar-refractivity contribution in [3.05, 3.63) is 41.7 Å². The summed E-state index contributed by atoms with van der Waals surface area (Å²) in [5.74, 6) is -0.245. The van der Waals surface area contributed by atoms with Crippen LogP contribution in [0.4, 0.5) is 0 Å². The molecule has 1 aliphatic rings. The summed E-state index contributed by atoms with van der Waals surface area (Å²) < 4.78 is 5.79. The number of rotatable bonds is 4. The van der Waals surface area contributed by atoms with E-state index in [9.17, 15) is 14.7 Å². The summed E-state index contributed by atoms with van der Waals surface area (Å²) in [6.45, 7) is 2.22. The molecular formula is C18H20N2O4. The van der Waals surface area contributed by atoms with Crippen LogP contribution >= 0.6 is 0 Å². The molecule has 2 heterocycles. The van der Waals surface area contributed by atoms with Gasteiger partial charge in [-0.2, -0.15) is 0 Å². The summed E-state index contributed by atoms with van der Waals surface area (Å²) in [5, 5.41) is 11.0. The smallest absolute Gasteiger partial charge is 0.251 e. The van der Waals surface area contributed by atoms with E-state index in [0.717, 1.165) is 22.3 Å². The number of likely N-dealkylation sites (tertiary alicyclic amines) is 1. The number of furan rings is 1. The van der Waals surface area contributed by atoms with Gasteiger partial charge in [-0.15, -0.1) is 0 Å². The molecule has 6 nitrogen and oxygen atoms in total. The Morgan fingerprint density at radius 2 is 2.17 bits per heavy atom. The van der Waals surface area contributed by atoms with Crippen LogP contribution in [-0.2, 0) is 16.0 Å².